The average molecular weight is 329 g/mol. The average Bonchev–Trinajstić information content (AvgIpc) is 3.05. The number of fused-ring (bicyclic) bond motifs is 1. The van der Waals surface area contributed by atoms with E-state index in [-0.39, 0.29) is 24.7 Å². The zero-order chi connectivity index (χ0) is 16.8. The number of benzene rings is 1. The molecule has 1 saturated heterocycles. The molecule has 0 aliphatic carbocycles. The Balaban J connectivity index is 1.41. The summed E-state index contributed by atoms with van der Waals surface area (Å²) in [6.45, 7) is 4.77. The number of morpholine rings is 1. The molecule has 0 spiro atoms. The minimum Gasteiger partial charge on any atom is -0.379 e. The third-order valence-corrected chi connectivity index (χ3v) is 4.29. The summed E-state index contributed by atoms with van der Waals surface area (Å²) in [7, 11) is 0. The highest BCUT2D eigenvalue weighted by Gasteiger charge is 2.12. The number of hydrogen-bond acceptors (Lipinski definition) is 4. The van der Waals surface area contributed by atoms with Crippen molar-refractivity contribution in [2.45, 2.75) is 12.8 Å². The molecule has 0 atom stereocenters. The summed E-state index contributed by atoms with van der Waals surface area (Å²) in [6, 6.07) is 9.65. The van der Waals surface area contributed by atoms with Crippen molar-refractivity contribution in [3.8, 4) is 0 Å². The fraction of sp³-hybridized carbons (Fsp3) is 0.444. The summed E-state index contributed by atoms with van der Waals surface area (Å²) < 4.78 is 6.91. The summed E-state index contributed by atoms with van der Waals surface area (Å²) in [6.07, 6.45) is 2.19. The van der Waals surface area contributed by atoms with Crippen molar-refractivity contribution in [2.75, 3.05) is 39.4 Å². The molecule has 6 nitrogen and oxygen atoms in total. The molecule has 2 aromatic rings. The third kappa shape index (κ3) is 4.21. The minimum atomic E-state index is -0.0759. The summed E-state index contributed by atoms with van der Waals surface area (Å²) in [5, 5.41) is 3.91. The summed E-state index contributed by atoms with van der Waals surface area (Å²) in [4.78, 5) is 26.5. The largest absolute Gasteiger partial charge is 0.379 e. The Morgan fingerprint density at radius 3 is 2.71 bits per heavy atom. The van der Waals surface area contributed by atoms with Crippen LogP contribution in [-0.4, -0.2) is 60.7 Å². The first-order valence-electron chi connectivity index (χ1n) is 8.40. The third-order valence-electron chi connectivity index (χ3n) is 4.29. The number of nitrogens with one attached hydrogen (secondary N) is 1. The van der Waals surface area contributed by atoms with Gasteiger partial charge in [-0.1, -0.05) is 18.2 Å². The van der Waals surface area contributed by atoms with E-state index in [4.69, 9.17) is 4.74 Å². The van der Waals surface area contributed by atoms with Gasteiger partial charge in [-0.05, 0) is 12.1 Å². The van der Waals surface area contributed by atoms with Crippen molar-refractivity contribution in [2.24, 2.45) is 0 Å². The predicted molar refractivity (Wildman–Crippen MR) is 92.1 cm³/mol. The molecule has 1 amide bonds. The Labute approximate surface area is 141 Å². The lowest BCUT2D eigenvalue weighted by Crippen LogP contribution is -2.41. The van der Waals surface area contributed by atoms with Crippen LogP contribution in [0, 0.1) is 0 Å². The van der Waals surface area contributed by atoms with Gasteiger partial charge in [0.2, 0.25) is 11.8 Å². The number of carbonyl (C=O) groups is 2. The highest BCUT2D eigenvalue weighted by Crippen LogP contribution is 2.15. The lowest BCUT2D eigenvalue weighted by Gasteiger charge is -2.26. The van der Waals surface area contributed by atoms with Crippen LogP contribution in [-0.2, 0) is 9.53 Å². The maximum Gasteiger partial charge on any atom is 0.231 e. The Kier molecular flexibility index (Phi) is 5.61. The van der Waals surface area contributed by atoms with E-state index in [0.717, 1.165) is 43.8 Å². The summed E-state index contributed by atoms with van der Waals surface area (Å²) in [5.74, 6) is -0.132. The Hall–Kier alpha value is -2.18. The highest BCUT2D eigenvalue weighted by molar-refractivity contribution is 5.93. The van der Waals surface area contributed by atoms with Crippen LogP contribution in [0.3, 0.4) is 0 Å². The molecule has 2 heterocycles. The molecule has 24 heavy (non-hydrogen) atoms. The molecule has 6 heteroatoms. The van der Waals surface area contributed by atoms with Gasteiger partial charge in [-0.2, -0.15) is 0 Å². The Morgan fingerprint density at radius 1 is 1.08 bits per heavy atom. The van der Waals surface area contributed by atoms with Gasteiger partial charge in [0.15, 0.2) is 0 Å². The van der Waals surface area contributed by atoms with E-state index in [1.54, 1.807) is 10.8 Å². The summed E-state index contributed by atoms with van der Waals surface area (Å²) in [5.41, 5.74) is 0.884. The number of para-hydroxylation sites is 1. The van der Waals surface area contributed by atoms with E-state index in [1.807, 2.05) is 30.3 Å². The van der Waals surface area contributed by atoms with Crippen LogP contribution in [0.4, 0.5) is 0 Å². The smallest absolute Gasteiger partial charge is 0.231 e. The maximum absolute atomic E-state index is 12.3. The number of ether oxygens (including phenoxy) is 1. The molecule has 0 unspecified atom stereocenters. The predicted octanol–water partition coefficient (Wildman–Crippen LogP) is 1.51. The van der Waals surface area contributed by atoms with Gasteiger partial charge < -0.3 is 10.1 Å². The van der Waals surface area contributed by atoms with E-state index in [2.05, 4.69) is 10.2 Å². The Bertz CT molecular complexity index is 704. The Morgan fingerprint density at radius 2 is 1.88 bits per heavy atom. The van der Waals surface area contributed by atoms with Crippen LogP contribution in [0.15, 0.2) is 36.5 Å². The lowest BCUT2D eigenvalue weighted by molar-refractivity contribution is -0.121. The van der Waals surface area contributed by atoms with Gasteiger partial charge in [-0.15, -0.1) is 0 Å². The molecule has 0 radical (unpaired) electrons. The first-order valence-corrected chi connectivity index (χ1v) is 8.40. The molecule has 1 N–H and O–H groups in total. The lowest BCUT2D eigenvalue weighted by atomic mass is 10.2. The standard InChI is InChI=1S/C18H23N3O3/c22-17(19-8-10-20-11-13-24-14-12-20)5-6-18(23)21-9-7-15-3-1-2-4-16(15)21/h1-4,7,9H,5-6,8,10-14H2,(H,19,22). The fourth-order valence-electron chi connectivity index (χ4n) is 2.91. The quantitative estimate of drug-likeness (QED) is 0.872. The number of carbonyl (C=O) groups excluding carboxylic acids is 2. The van der Waals surface area contributed by atoms with Crippen LogP contribution < -0.4 is 5.32 Å². The second-order valence-corrected chi connectivity index (χ2v) is 5.94. The zero-order valence-electron chi connectivity index (χ0n) is 13.7. The monoisotopic (exact) mass is 329 g/mol. The van der Waals surface area contributed by atoms with Crippen LogP contribution in [0.25, 0.3) is 10.9 Å². The van der Waals surface area contributed by atoms with Crippen molar-refractivity contribution in [1.82, 2.24) is 14.8 Å². The molecule has 1 fully saturated rings. The molecule has 0 bridgehead atoms. The maximum atomic E-state index is 12.3. The van der Waals surface area contributed by atoms with Crippen molar-refractivity contribution in [1.29, 1.82) is 0 Å². The summed E-state index contributed by atoms with van der Waals surface area (Å²) >= 11 is 0. The number of nitrogens with zero attached hydrogens (tertiary/aromatic N) is 2. The van der Waals surface area contributed by atoms with Gasteiger partial charge >= 0.3 is 0 Å². The number of aromatic nitrogens is 1. The first kappa shape index (κ1) is 16.7. The van der Waals surface area contributed by atoms with Gasteiger partial charge in [0, 0.05) is 50.6 Å². The molecule has 1 aromatic heterocycles. The van der Waals surface area contributed by atoms with Gasteiger partial charge in [-0.25, -0.2) is 0 Å². The number of rotatable bonds is 6. The van der Waals surface area contributed by atoms with E-state index in [0.29, 0.717) is 6.54 Å². The van der Waals surface area contributed by atoms with Gasteiger partial charge in [0.05, 0.1) is 18.7 Å². The van der Waals surface area contributed by atoms with E-state index in [1.165, 1.54) is 0 Å². The van der Waals surface area contributed by atoms with Crippen molar-refractivity contribution in [3.05, 3.63) is 36.5 Å². The topological polar surface area (TPSA) is 63.6 Å². The van der Waals surface area contributed by atoms with Crippen molar-refractivity contribution >= 4 is 22.7 Å². The van der Waals surface area contributed by atoms with Crippen LogP contribution in [0.5, 0.6) is 0 Å². The fourth-order valence-corrected chi connectivity index (χ4v) is 2.91. The molecular weight excluding hydrogens is 306 g/mol. The number of amides is 1. The second kappa shape index (κ2) is 8.08. The molecular formula is C18H23N3O3. The highest BCUT2D eigenvalue weighted by atomic mass is 16.5. The second-order valence-electron chi connectivity index (χ2n) is 5.94. The van der Waals surface area contributed by atoms with Crippen molar-refractivity contribution < 1.29 is 14.3 Å². The zero-order valence-corrected chi connectivity index (χ0v) is 13.7. The van der Waals surface area contributed by atoms with Crippen LogP contribution in [0.2, 0.25) is 0 Å². The van der Waals surface area contributed by atoms with E-state index >= 15 is 0 Å². The molecule has 0 saturated carbocycles. The van der Waals surface area contributed by atoms with E-state index in [9.17, 15) is 9.59 Å². The minimum absolute atomic E-state index is 0.0560. The van der Waals surface area contributed by atoms with Crippen LogP contribution >= 0.6 is 0 Å². The van der Waals surface area contributed by atoms with Gasteiger partial charge in [0.25, 0.3) is 0 Å². The number of hydrogen-bond donors (Lipinski definition) is 1. The first-order chi connectivity index (χ1) is 11.7. The molecule has 3 rings (SSSR count). The van der Waals surface area contributed by atoms with Gasteiger partial charge in [-0.3, -0.25) is 19.1 Å². The SMILES string of the molecule is O=C(CCC(=O)n1ccc2ccccc21)NCCN1CCOCC1. The molecule has 128 valence electrons. The van der Waals surface area contributed by atoms with Crippen LogP contribution in [0.1, 0.15) is 17.6 Å². The van der Waals surface area contributed by atoms with Crippen molar-refractivity contribution in [3.63, 3.8) is 0 Å². The molecule has 1 aliphatic rings. The van der Waals surface area contributed by atoms with E-state index < -0.39 is 0 Å². The molecule has 1 aliphatic heterocycles. The van der Waals surface area contributed by atoms with Gasteiger partial charge in [0.1, 0.15) is 0 Å². The molecule has 1 aromatic carbocycles. The normalized spacial score (nSPS) is 15.5.